The van der Waals surface area contributed by atoms with Crippen molar-refractivity contribution in [2.45, 2.75) is 44.4 Å². The Morgan fingerprint density at radius 2 is 2.08 bits per heavy atom. The summed E-state index contributed by atoms with van der Waals surface area (Å²) in [5.41, 5.74) is 0.994. The van der Waals surface area contributed by atoms with Crippen molar-refractivity contribution in [2.75, 3.05) is 7.11 Å². The van der Waals surface area contributed by atoms with Gasteiger partial charge in [-0.3, -0.25) is 9.78 Å². The highest BCUT2D eigenvalue weighted by Crippen LogP contribution is 2.38. The molecule has 2 aromatic rings. The summed E-state index contributed by atoms with van der Waals surface area (Å²) in [4.78, 5) is 17.1. The first-order chi connectivity index (χ1) is 11.4. The third-order valence-electron chi connectivity index (χ3n) is 4.94. The van der Waals surface area contributed by atoms with Crippen LogP contribution in [0.3, 0.4) is 0 Å². The average molecular weight is 328 g/mol. The van der Waals surface area contributed by atoms with Crippen LogP contribution in [0, 0.1) is 5.92 Å². The molecule has 1 saturated carbocycles. The lowest BCUT2D eigenvalue weighted by Crippen LogP contribution is -2.49. The number of carbonyl (C=O) groups is 1. The number of nitrogens with one attached hydrogen (secondary N) is 1. The van der Waals surface area contributed by atoms with E-state index in [1.165, 1.54) is 7.11 Å². The maximum atomic E-state index is 12.6. The summed E-state index contributed by atoms with van der Waals surface area (Å²) in [6, 6.07) is 9.80. The van der Waals surface area contributed by atoms with Gasteiger partial charge in [-0.15, -0.1) is 0 Å². The number of pyridine rings is 1. The molecule has 1 atom stereocenters. The number of benzene rings is 1. The molecule has 0 unspecified atom stereocenters. The molecule has 0 aliphatic heterocycles. The van der Waals surface area contributed by atoms with Crippen LogP contribution in [0.5, 0.6) is 0 Å². The summed E-state index contributed by atoms with van der Waals surface area (Å²) < 4.78 is 5.28. The number of carbonyl (C=O) groups excluding carboxylic acids is 1. The van der Waals surface area contributed by atoms with Gasteiger partial charge in [-0.05, 0) is 50.3 Å². The first-order valence-electron chi connectivity index (χ1n) is 8.29. The Kier molecular flexibility index (Phi) is 4.56. The topological polar surface area (TPSA) is 71.5 Å². The van der Waals surface area contributed by atoms with Crippen LogP contribution in [0.15, 0.2) is 36.5 Å². The van der Waals surface area contributed by atoms with E-state index < -0.39 is 5.60 Å². The van der Waals surface area contributed by atoms with Crippen LogP contribution in [0.25, 0.3) is 10.9 Å². The average Bonchev–Trinajstić information content (AvgIpc) is 2.56. The first kappa shape index (κ1) is 16.9. The summed E-state index contributed by atoms with van der Waals surface area (Å²) in [5, 5.41) is 13.8. The number of ether oxygens (including phenoxy) is 1. The van der Waals surface area contributed by atoms with E-state index in [4.69, 9.17) is 4.74 Å². The number of amides is 1. The second-order valence-electron chi connectivity index (χ2n) is 7.01. The summed E-state index contributed by atoms with van der Waals surface area (Å²) in [6.07, 6.45) is 2.91. The van der Waals surface area contributed by atoms with Crippen LogP contribution in [0.4, 0.5) is 0 Å². The van der Waals surface area contributed by atoms with Crippen molar-refractivity contribution in [2.24, 2.45) is 5.92 Å². The second-order valence-corrected chi connectivity index (χ2v) is 7.01. The molecule has 3 rings (SSSR count). The highest BCUT2D eigenvalue weighted by Gasteiger charge is 2.38. The van der Waals surface area contributed by atoms with Crippen LogP contribution >= 0.6 is 0 Å². The van der Waals surface area contributed by atoms with E-state index in [-0.39, 0.29) is 24.0 Å². The number of hydrogen-bond acceptors (Lipinski definition) is 4. The molecular formula is C19H24N2O3. The van der Waals surface area contributed by atoms with Crippen molar-refractivity contribution in [1.82, 2.24) is 10.3 Å². The van der Waals surface area contributed by atoms with Crippen molar-refractivity contribution in [3.8, 4) is 0 Å². The lowest BCUT2D eigenvalue weighted by Gasteiger charge is -2.39. The van der Waals surface area contributed by atoms with E-state index >= 15 is 0 Å². The fraction of sp³-hybridized carbons (Fsp3) is 0.474. The molecule has 1 aromatic carbocycles. The molecule has 128 valence electrons. The van der Waals surface area contributed by atoms with Gasteiger partial charge in [0.25, 0.3) is 5.91 Å². The van der Waals surface area contributed by atoms with Gasteiger partial charge < -0.3 is 15.2 Å². The van der Waals surface area contributed by atoms with E-state index in [1.807, 2.05) is 30.5 Å². The Morgan fingerprint density at radius 3 is 2.75 bits per heavy atom. The maximum Gasteiger partial charge on any atom is 0.252 e. The normalized spacial score (nSPS) is 22.0. The second kappa shape index (κ2) is 6.49. The Hall–Kier alpha value is -1.98. The Balaban J connectivity index is 1.90. The highest BCUT2D eigenvalue weighted by atomic mass is 16.5. The molecule has 1 heterocycles. The molecule has 2 N–H and O–H groups in total. The molecule has 1 aliphatic carbocycles. The Morgan fingerprint density at radius 1 is 1.38 bits per heavy atom. The van der Waals surface area contributed by atoms with Crippen molar-refractivity contribution in [3.63, 3.8) is 0 Å². The number of methoxy groups -OCH3 is 1. The van der Waals surface area contributed by atoms with E-state index in [0.29, 0.717) is 12.8 Å². The van der Waals surface area contributed by atoms with Gasteiger partial charge >= 0.3 is 0 Å². The molecule has 1 aromatic heterocycles. The third kappa shape index (κ3) is 3.28. The molecule has 1 fully saturated rings. The van der Waals surface area contributed by atoms with Gasteiger partial charge in [0.05, 0.1) is 17.7 Å². The minimum absolute atomic E-state index is 0.162. The number of aliphatic hydroxyl groups is 1. The van der Waals surface area contributed by atoms with Crippen molar-refractivity contribution in [3.05, 3.63) is 42.1 Å². The molecule has 1 amide bonds. The van der Waals surface area contributed by atoms with Crippen molar-refractivity contribution in [1.29, 1.82) is 0 Å². The van der Waals surface area contributed by atoms with E-state index in [0.717, 1.165) is 16.5 Å². The van der Waals surface area contributed by atoms with Gasteiger partial charge in [-0.25, -0.2) is 0 Å². The maximum absolute atomic E-state index is 12.6. The summed E-state index contributed by atoms with van der Waals surface area (Å²) in [5.74, 6) is 0.0455. The standard InChI is InChI=1S/C19H24N2O3/c1-19(2,24-3)18(23)21-17(13-9-15(22)10-13)14-8-12-6-4-5-7-16(12)20-11-14/h4-8,11,13,15,17,22H,9-10H2,1-3H3,(H,21,23)/t13?,15?,17-/m0/s1. The molecule has 24 heavy (non-hydrogen) atoms. The van der Waals surface area contributed by atoms with Crippen LogP contribution in [-0.4, -0.2) is 34.8 Å². The van der Waals surface area contributed by atoms with Crippen LogP contribution in [0.1, 0.15) is 38.3 Å². The fourth-order valence-electron chi connectivity index (χ4n) is 3.04. The number of nitrogens with zero attached hydrogens (tertiary/aromatic N) is 1. The largest absolute Gasteiger partial charge is 0.393 e. The first-order valence-corrected chi connectivity index (χ1v) is 8.29. The molecule has 5 nitrogen and oxygen atoms in total. The van der Waals surface area contributed by atoms with Gasteiger partial charge in [0.2, 0.25) is 0 Å². The number of hydrogen-bond donors (Lipinski definition) is 2. The highest BCUT2D eigenvalue weighted by molar-refractivity contribution is 5.85. The monoisotopic (exact) mass is 328 g/mol. The van der Waals surface area contributed by atoms with E-state index in [2.05, 4.69) is 16.4 Å². The molecule has 1 aliphatic rings. The zero-order valence-electron chi connectivity index (χ0n) is 14.3. The lowest BCUT2D eigenvalue weighted by atomic mass is 9.75. The lowest BCUT2D eigenvalue weighted by molar-refractivity contribution is -0.141. The van der Waals surface area contributed by atoms with Gasteiger partial charge in [0, 0.05) is 18.7 Å². The Labute approximate surface area is 142 Å². The van der Waals surface area contributed by atoms with Gasteiger partial charge in [0.1, 0.15) is 5.60 Å². The molecule has 0 radical (unpaired) electrons. The summed E-state index contributed by atoms with van der Waals surface area (Å²) in [6.45, 7) is 3.49. The van der Waals surface area contributed by atoms with Gasteiger partial charge in [-0.2, -0.15) is 0 Å². The molecular weight excluding hydrogens is 304 g/mol. The molecule has 5 heteroatoms. The zero-order valence-corrected chi connectivity index (χ0v) is 14.3. The SMILES string of the molecule is COC(C)(C)C(=O)N[C@H](c1cnc2ccccc2c1)C1CC(O)C1. The van der Waals surface area contributed by atoms with Crippen LogP contribution < -0.4 is 5.32 Å². The third-order valence-corrected chi connectivity index (χ3v) is 4.94. The predicted octanol–water partition coefficient (Wildman–Crippen LogP) is 2.59. The fourth-order valence-corrected chi connectivity index (χ4v) is 3.04. The number of para-hydroxylation sites is 1. The molecule has 0 spiro atoms. The van der Waals surface area contributed by atoms with Gasteiger partial charge in [0.15, 0.2) is 0 Å². The summed E-state index contributed by atoms with van der Waals surface area (Å²) in [7, 11) is 1.53. The minimum Gasteiger partial charge on any atom is -0.393 e. The number of aromatic nitrogens is 1. The molecule has 0 bridgehead atoms. The number of fused-ring (bicyclic) bond motifs is 1. The smallest absolute Gasteiger partial charge is 0.252 e. The number of aliphatic hydroxyl groups excluding tert-OH is 1. The minimum atomic E-state index is -0.898. The number of rotatable bonds is 5. The van der Waals surface area contributed by atoms with Gasteiger partial charge in [-0.1, -0.05) is 18.2 Å². The zero-order chi connectivity index (χ0) is 17.3. The van der Waals surface area contributed by atoms with E-state index in [9.17, 15) is 9.90 Å². The van der Waals surface area contributed by atoms with Crippen LogP contribution in [0.2, 0.25) is 0 Å². The van der Waals surface area contributed by atoms with Crippen molar-refractivity contribution >= 4 is 16.8 Å². The van der Waals surface area contributed by atoms with Crippen LogP contribution in [-0.2, 0) is 9.53 Å². The predicted molar refractivity (Wildman–Crippen MR) is 92.4 cm³/mol. The summed E-state index contributed by atoms with van der Waals surface area (Å²) >= 11 is 0. The van der Waals surface area contributed by atoms with E-state index in [1.54, 1.807) is 13.8 Å². The molecule has 0 saturated heterocycles. The van der Waals surface area contributed by atoms with Crippen molar-refractivity contribution < 1.29 is 14.6 Å². The Bertz CT molecular complexity index is 738. The quantitative estimate of drug-likeness (QED) is 0.885.